The van der Waals surface area contributed by atoms with Crippen molar-refractivity contribution in [1.29, 1.82) is 0 Å². The molecule has 1 unspecified atom stereocenters. The molecule has 6 heteroatoms. The maximum Gasteiger partial charge on any atom is 0.160 e. The highest BCUT2D eigenvalue weighted by molar-refractivity contribution is 5.43. The van der Waals surface area contributed by atoms with E-state index in [2.05, 4.69) is 4.90 Å². The van der Waals surface area contributed by atoms with E-state index < -0.39 is 6.10 Å². The first-order chi connectivity index (χ1) is 16.0. The van der Waals surface area contributed by atoms with E-state index in [1.54, 1.807) is 20.3 Å². The van der Waals surface area contributed by atoms with E-state index >= 15 is 0 Å². The van der Waals surface area contributed by atoms with Gasteiger partial charge in [-0.2, -0.15) is 0 Å². The predicted octanol–water partition coefficient (Wildman–Crippen LogP) is 4.64. The van der Waals surface area contributed by atoms with Crippen LogP contribution in [0.15, 0.2) is 66.7 Å². The SMILES string of the molecule is COc1ccc(CCN(Cc2cccc(F)c2)CC(O)COc2cccc(C)c2)cc1OC. The number of nitrogens with zero attached hydrogens (tertiary/aromatic N) is 1. The van der Waals surface area contributed by atoms with E-state index in [1.807, 2.05) is 55.5 Å². The molecule has 0 spiro atoms. The number of hydrogen-bond acceptors (Lipinski definition) is 5. The van der Waals surface area contributed by atoms with Gasteiger partial charge in [0, 0.05) is 19.6 Å². The van der Waals surface area contributed by atoms with Crippen molar-refractivity contribution in [1.82, 2.24) is 4.90 Å². The van der Waals surface area contributed by atoms with Gasteiger partial charge >= 0.3 is 0 Å². The van der Waals surface area contributed by atoms with Gasteiger partial charge in [0.1, 0.15) is 24.3 Å². The Kier molecular flexibility index (Phi) is 9.10. The molecule has 0 aliphatic rings. The van der Waals surface area contributed by atoms with Gasteiger partial charge in [0.25, 0.3) is 0 Å². The van der Waals surface area contributed by atoms with Gasteiger partial charge < -0.3 is 19.3 Å². The molecule has 0 fully saturated rings. The second-order valence-corrected chi connectivity index (χ2v) is 8.09. The summed E-state index contributed by atoms with van der Waals surface area (Å²) in [7, 11) is 3.22. The number of ether oxygens (including phenoxy) is 3. The van der Waals surface area contributed by atoms with E-state index in [0.717, 1.165) is 28.9 Å². The maximum absolute atomic E-state index is 13.7. The first-order valence-electron chi connectivity index (χ1n) is 11.0. The number of benzene rings is 3. The van der Waals surface area contributed by atoms with Gasteiger partial charge in [-0.05, 0) is 66.4 Å². The van der Waals surface area contributed by atoms with Crippen LogP contribution in [-0.2, 0) is 13.0 Å². The standard InChI is InChI=1S/C27H32FNO4/c1-20-6-4-9-25(14-20)33-19-24(30)18-29(17-22-7-5-8-23(28)15-22)13-12-21-10-11-26(31-2)27(16-21)32-3/h4-11,14-16,24,30H,12-13,17-19H2,1-3H3. The molecule has 0 aromatic heterocycles. The summed E-state index contributed by atoms with van der Waals surface area (Å²) in [5.74, 6) is 1.83. The molecule has 0 amide bonds. The van der Waals surface area contributed by atoms with Crippen molar-refractivity contribution >= 4 is 0 Å². The highest BCUT2D eigenvalue weighted by Gasteiger charge is 2.15. The zero-order chi connectivity index (χ0) is 23.6. The molecular formula is C27H32FNO4. The monoisotopic (exact) mass is 453 g/mol. The molecule has 0 radical (unpaired) electrons. The summed E-state index contributed by atoms with van der Waals surface area (Å²) >= 11 is 0. The summed E-state index contributed by atoms with van der Waals surface area (Å²) in [6.07, 6.45) is 0.0469. The highest BCUT2D eigenvalue weighted by atomic mass is 19.1. The first kappa shape index (κ1) is 24.6. The van der Waals surface area contributed by atoms with Gasteiger partial charge in [-0.1, -0.05) is 30.3 Å². The predicted molar refractivity (Wildman–Crippen MR) is 128 cm³/mol. The van der Waals surface area contributed by atoms with E-state index in [1.165, 1.54) is 12.1 Å². The average Bonchev–Trinajstić information content (AvgIpc) is 2.81. The molecule has 176 valence electrons. The van der Waals surface area contributed by atoms with Crippen molar-refractivity contribution in [2.75, 3.05) is 33.9 Å². The van der Waals surface area contributed by atoms with E-state index in [4.69, 9.17) is 14.2 Å². The minimum atomic E-state index is -0.690. The van der Waals surface area contributed by atoms with Crippen LogP contribution in [0.2, 0.25) is 0 Å². The van der Waals surface area contributed by atoms with E-state index in [-0.39, 0.29) is 12.4 Å². The molecule has 0 aliphatic carbocycles. The van der Waals surface area contributed by atoms with Gasteiger partial charge in [0.15, 0.2) is 11.5 Å². The second kappa shape index (κ2) is 12.2. The quantitative estimate of drug-likeness (QED) is 0.433. The summed E-state index contributed by atoms with van der Waals surface area (Å²) in [6, 6.07) is 20.1. The van der Waals surface area contributed by atoms with Crippen LogP contribution in [0.1, 0.15) is 16.7 Å². The van der Waals surface area contributed by atoms with Gasteiger partial charge in [0.2, 0.25) is 0 Å². The lowest BCUT2D eigenvalue weighted by molar-refractivity contribution is 0.0659. The lowest BCUT2D eigenvalue weighted by Crippen LogP contribution is -2.36. The summed E-state index contributed by atoms with van der Waals surface area (Å²) < 4.78 is 30.2. The van der Waals surface area contributed by atoms with Crippen LogP contribution in [-0.4, -0.2) is 50.0 Å². The van der Waals surface area contributed by atoms with Gasteiger partial charge in [0.05, 0.1) is 14.2 Å². The summed E-state index contributed by atoms with van der Waals surface area (Å²) in [5.41, 5.74) is 3.04. The molecule has 1 N–H and O–H groups in total. The number of aliphatic hydroxyl groups excluding tert-OH is 1. The highest BCUT2D eigenvalue weighted by Crippen LogP contribution is 2.27. The van der Waals surface area contributed by atoms with Gasteiger partial charge in [-0.15, -0.1) is 0 Å². The zero-order valence-corrected chi connectivity index (χ0v) is 19.5. The Balaban J connectivity index is 1.65. The third-order valence-electron chi connectivity index (χ3n) is 5.36. The average molecular weight is 454 g/mol. The molecule has 3 aromatic rings. The number of aliphatic hydroxyl groups is 1. The number of aryl methyl sites for hydroxylation is 1. The molecule has 0 aliphatic heterocycles. The van der Waals surface area contributed by atoms with Crippen LogP contribution in [0.5, 0.6) is 17.2 Å². The van der Waals surface area contributed by atoms with Gasteiger partial charge in [-0.3, -0.25) is 4.90 Å². The Morgan fingerprint density at radius 2 is 1.70 bits per heavy atom. The van der Waals surface area contributed by atoms with Gasteiger partial charge in [-0.25, -0.2) is 4.39 Å². The Morgan fingerprint density at radius 3 is 2.42 bits per heavy atom. The number of halogens is 1. The second-order valence-electron chi connectivity index (χ2n) is 8.09. The molecule has 0 saturated carbocycles. The van der Waals surface area contributed by atoms with Crippen molar-refractivity contribution in [3.8, 4) is 17.2 Å². The van der Waals surface area contributed by atoms with Crippen LogP contribution in [0, 0.1) is 12.7 Å². The molecule has 0 bridgehead atoms. The van der Waals surface area contributed by atoms with Crippen LogP contribution in [0.4, 0.5) is 4.39 Å². The molecule has 3 aromatic carbocycles. The van der Waals surface area contributed by atoms with Crippen molar-refractivity contribution in [2.45, 2.75) is 26.0 Å². The summed E-state index contributed by atoms with van der Waals surface area (Å²) in [4.78, 5) is 2.11. The lowest BCUT2D eigenvalue weighted by Gasteiger charge is -2.25. The first-order valence-corrected chi connectivity index (χ1v) is 11.0. The topological polar surface area (TPSA) is 51.2 Å². The molecule has 5 nitrogen and oxygen atoms in total. The molecule has 3 rings (SSSR count). The Labute approximate surface area is 195 Å². The summed E-state index contributed by atoms with van der Waals surface area (Å²) in [5, 5.41) is 10.7. The van der Waals surface area contributed by atoms with Crippen molar-refractivity contribution in [3.63, 3.8) is 0 Å². The van der Waals surface area contributed by atoms with Crippen molar-refractivity contribution in [2.24, 2.45) is 0 Å². The largest absolute Gasteiger partial charge is 0.493 e. The Hall–Kier alpha value is -3.09. The zero-order valence-electron chi connectivity index (χ0n) is 19.5. The lowest BCUT2D eigenvalue weighted by atomic mass is 10.1. The summed E-state index contributed by atoms with van der Waals surface area (Å²) in [6.45, 7) is 3.77. The normalized spacial score (nSPS) is 11.9. The Bertz CT molecular complexity index is 1030. The fourth-order valence-electron chi connectivity index (χ4n) is 3.70. The van der Waals surface area contributed by atoms with Crippen molar-refractivity contribution < 1.29 is 23.7 Å². The number of hydrogen-bond donors (Lipinski definition) is 1. The molecular weight excluding hydrogens is 421 g/mol. The maximum atomic E-state index is 13.7. The molecule has 0 heterocycles. The van der Waals surface area contributed by atoms with Crippen LogP contribution < -0.4 is 14.2 Å². The fourth-order valence-corrected chi connectivity index (χ4v) is 3.70. The van der Waals surface area contributed by atoms with Crippen LogP contribution in [0.3, 0.4) is 0 Å². The van der Waals surface area contributed by atoms with E-state index in [9.17, 15) is 9.50 Å². The minimum Gasteiger partial charge on any atom is -0.493 e. The third-order valence-corrected chi connectivity index (χ3v) is 5.36. The molecule has 1 atom stereocenters. The van der Waals surface area contributed by atoms with Crippen molar-refractivity contribution in [3.05, 3.63) is 89.2 Å². The third kappa shape index (κ3) is 7.77. The van der Waals surface area contributed by atoms with Crippen LogP contribution >= 0.6 is 0 Å². The smallest absolute Gasteiger partial charge is 0.160 e. The molecule has 0 saturated heterocycles. The fraction of sp³-hybridized carbons (Fsp3) is 0.333. The number of rotatable bonds is 12. The Morgan fingerprint density at radius 1 is 0.909 bits per heavy atom. The van der Waals surface area contributed by atoms with E-state index in [0.29, 0.717) is 31.1 Å². The molecule has 33 heavy (non-hydrogen) atoms. The van der Waals surface area contributed by atoms with Crippen LogP contribution in [0.25, 0.3) is 0 Å². The number of methoxy groups -OCH3 is 2. The minimum absolute atomic E-state index is 0.180.